The third-order valence-corrected chi connectivity index (χ3v) is 5.66. The lowest BCUT2D eigenvalue weighted by molar-refractivity contribution is -0.133. The van der Waals surface area contributed by atoms with Crippen LogP contribution < -0.4 is 0 Å². The summed E-state index contributed by atoms with van der Waals surface area (Å²) in [6.45, 7) is 2.83. The lowest BCUT2D eigenvalue weighted by Crippen LogP contribution is -2.47. The van der Waals surface area contributed by atoms with Crippen LogP contribution in [0.15, 0.2) is 41.8 Å². The van der Waals surface area contributed by atoms with E-state index in [0.29, 0.717) is 6.04 Å². The maximum Gasteiger partial charge on any atom is 0.236 e. The molecule has 1 aromatic carbocycles. The molecule has 3 rings (SSSR count). The lowest BCUT2D eigenvalue weighted by atomic mass is 9.95. The highest BCUT2D eigenvalue weighted by Crippen LogP contribution is 2.26. The van der Waals surface area contributed by atoms with E-state index in [1.807, 2.05) is 24.6 Å². The van der Waals surface area contributed by atoms with Gasteiger partial charge in [0.05, 0.1) is 5.25 Å². The zero-order valence-electron chi connectivity index (χ0n) is 14.3. The van der Waals surface area contributed by atoms with Crippen LogP contribution in [0.25, 0.3) is 0 Å². The molecule has 2 atom stereocenters. The number of carbonyl (C=O) groups is 1. The molecule has 0 bridgehead atoms. The summed E-state index contributed by atoms with van der Waals surface area (Å²) in [5, 5.41) is 8.60. The first-order valence-electron chi connectivity index (χ1n) is 8.50. The number of amides is 1. The second kappa shape index (κ2) is 7.83. The van der Waals surface area contributed by atoms with Gasteiger partial charge in [0.25, 0.3) is 0 Å². The molecule has 24 heavy (non-hydrogen) atoms. The number of likely N-dealkylation sites (tertiary alicyclic amines) is 1. The van der Waals surface area contributed by atoms with Crippen molar-refractivity contribution in [2.45, 2.75) is 49.1 Å². The van der Waals surface area contributed by atoms with Crippen LogP contribution in [0.5, 0.6) is 0 Å². The SMILES string of the molecule is CC(Sc1nncn1C)C(=O)N1CCCCC1Cc1ccccc1. The van der Waals surface area contributed by atoms with Crippen LogP contribution in [0.3, 0.4) is 0 Å². The number of nitrogens with zero attached hydrogens (tertiary/aromatic N) is 4. The van der Waals surface area contributed by atoms with Gasteiger partial charge in [-0.2, -0.15) is 0 Å². The van der Waals surface area contributed by atoms with Crippen molar-refractivity contribution in [3.63, 3.8) is 0 Å². The van der Waals surface area contributed by atoms with Gasteiger partial charge in [0, 0.05) is 19.6 Å². The standard InChI is InChI=1S/C18H24N4OS/c1-14(24-18-20-19-13-21(18)2)17(23)22-11-7-6-10-16(22)12-15-8-4-3-5-9-15/h3-5,8-9,13-14,16H,6-7,10-12H2,1-2H3. The number of hydrogen-bond acceptors (Lipinski definition) is 4. The Bertz CT molecular complexity index is 673. The number of aromatic nitrogens is 3. The Morgan fingerprint density at radius 2 is 2.12 bits per heavy atom. The molecule has 1 aliphatic rings. The number of rotatable bonds is 5. The fraction of sp³-hybridized carbons (Fsp3) is 0.500. The van der Waals surface area contributed by atoms with E-state index < -0.39 is 0 Å². The monoisotopic (exact) mass is 344 g/mol. The van der Waals surface area contributed by atoms with Crippen molar-refractivity contribution in [2.75, 3.05) is 6.54 Å². The van der Waals surface area contributed by atoms with Crippen molar-refractivity contribution in [3.8, 4) is 0 Å². The van der Waals surface area contributed by atoms with E-state index in [4.69, 9.17) is 0 Å². The second-order valence-corrected chi connectivity index (χ2v) is 7.66. The first-order chi connectivity index (χ1) is 11.6. The van der Waals surface area contributed by atoms with Crippen LogP contribution in [0.2, 0.25) is 0 Å². The van der Waals surface area contributed by atoms with Gasteiger partial charge in [-0.25, -0.2) is 0 Å². The topological polar surface area (TPSA) is 51.0 Å². The van der Waals surface area contributed by atoms with E-state index in [1.54, 1.807) is 6.33 Å². The summed E-state index contributed by atoms with van der Waals surface area (Å²) in [7, 11) is 1.90. The largest absolute Gasteiger partial charge is 0.338 e. The Hall–Kier alpha value is -1.82. The first-order valence-corrected chi connectivity index (χ1v) is 9.38. The summed E-state index contributed by atoms with van der Waals surface area (Å²) in [5.74, 6) is 0.212. The summed E-state index contributed by atoms with van der Waals surface area (Å²) in [5.41, 5.74) is 1.30. The molecule has 2 heterocycles. The van der Waals surface area contributed by atoms with Crippen molar-refractivity contribution < 1.29 is 4.79 Å². The molecule has 1 aromatic heterocycles. The highest BCUT2D eigenvalue weighted by Gasteiger charge is 2.30. The highest BCUT2D eigenvalue weighted by molar-refractivity contribution is 8.00. The van der Waals surface area contributed by atoms with Gasteiger partial charge < -0.3 is 9.47 Å². The minimum Gasteiger partial charge on any atom is -0.338 e. The Morgan fingerprint density at radius 1 is 1.33 bits per heavy atom. The first kappa shape index (κ1) is 17.0. The molecule has 0 aliphatic carbocycles. The van der Waals surface area contributed by atoms with Gasteiger partial charge >= 0.3 is 0 Å². The minimum atomic E-state index is -0.149. The van der Waals surface area contributed by atoms with E-state index in [0.717, 1.165) is 31.0 Å². The average molecular weight is 344 g/mol. The smallest absolute Gasteiger partial charge is 0.236 e. The summed E-state index contributed by atoms with van der Waals surface area (Å²) in [6.07, 6.45) is 5.99. The van der Waals surface area contributed by atoms with Crippen molar-refractivity contribution in [1.29, 1.82) is 0 Å². The molecule has 6 heteroatoms. The van der Waals surface area contributed by atoms with E-state index in [-0.39, 0.29) is 11.2 Å². The van der Waals surface area contributed by atoms with Crippen molar-refractivity contribution >= 4 is 17.7 Å². The van der Waals surface area contributed by atoms with Gasteiger partial charge in [-0.15, -0.1) is 10.2 Å². The second-order valence-electron chi connectivity index (χ2n) is 6.36. The van der Waals surface area contributed by atoms with Crippen LogP contribution in [-0.2, 0) is 18.3 Å². The van der Waals surface area contributed by atoms with Gasteiger partial charge in [0.2, 0.25) is 5.91 Å². The third-order valence-electron chi connectivity index (χ3n) is 4.52. The summed E-state index contributed by atoms with van der Waals surface area (Å²) in [4.78, 5) is 15.1. The Balaban J connectivity index is 1.67. The van der Waals surface area contributed by atoms with Crippen LogP contribution in [0.4, 0.5) is 0 Å². The van der Waals surface area contributed by atoms with Crippen LogP contribution in [0.1, 0.15) is 31.7 Å². The Labute approximate surface area is 147 Å². The third kappa shape index (κ3) is 3.98. The fourth-order valence-electron chi connectivity index (χ4n) is 3.21. The zero-order chi connectivity index (χ0) is 16.9. The molecule has 0 spiro atoms. The number of aryl methyl sites for hydroxylation is 1. The molecular formula is C18H24N4OS. The molecule has 2 unspecified atom stereocenters. The number of piperidine rings is 1. The van der Waals surface area contributed by atoms with E-state index in [1.165, 1.54) is 23.7 Å². The molecule has 1 amide bonds. The summed E-state index contributed by atoms with van der Waals surface area (Å²) < 4.78 is 1.85. The van der Waals surface area contributed by atoms with Gasteiger partial charge in [0.15, 0.2) is 5.16 Å². The summed E-state index contributed by atoms with van der Waals surface area (Å²) in [6, 6.07) is 10.8. The highest BCUT2D eigenvalue weighted by atomic mass is 32.2. The quantitative estimate of drug-likeness (QED) is 0.783. The van der Waals surface area contributed by atoms with Crippen LogP contribution in [-0.4, -0.2) is 43.4 Å². The molecule has 1 fully saturated rings. The molecule has 128 valence electrons. The number of carbonyl (C=O) groups excluding carboxylic acids is 1. The molecule has 2 aromatic rings. The summed E-state index contributed by atoms with van der Waals surface area (Å²) >= 11 is 1.49. The molecular weight excluding hydrogens is 320 g/mol. The molecule has 5 nitrogen and oxygen atoms in total. The van der Waals surface area contributed by atoms with Crippen LogP contribution >= 0.6 is 11.8 Å². The van der Waals surface area contributed by atoms with Crippen molar-refractivity contribution in [3.05, 3.63) is 42.2 Å². The number of benzene rings is 1. The van der Waals surface area contributed by atoms with Gasteiger partial charge in [0.1, 0.15) is 6.33 Å². The predicted molar refractivity (Wildman–Crippen MR) is 95.8 cm³/mol. The molecule has 0 N–H and O–H groups in total. The maximum atomic E-state index is 13.0. The van der Waals surface area contributed by atoms with Crippen LogP contribution in [0, 0.1) is 0 Å². The van der Waals surface area contributed by atoms with Gasteiger partial charge in [-0.05, 0) is 38.2 Å². The normalized spacial score (nSPS) is 19.2. The molecule has 1 aliphatic heterocycles. The lowest BCUT2D eigenvalue weighted by Gasteiger charge is -2.37. The van der Waals surface area contributed by atoms with Crippen molar-refractivity contribution in [2.24, 2.45) is 7.05 Å². The Morgan fingerprint density at radius 3 is 2.83 bits per heavy atom. The minimum absolute atomic E-state index is 0.149. The number of hydrogen-bond donors (Lipinski definition) is 0. The van der Waals surface area contributed by atoms with Gasteiger partial charge in [-0.1, -0.05) is 42.1 Å². The molecule has 0 saturated carbocycles. The Kier molecular flexibility index (Phi) is 5.56. The zero-order valence-corrected chi connectivity index (χ0v) is 15.1. The number of thioether (sulfide) groups is 1. The molecule has 1 saturated heterocycles. The van der Waals surface area contributed by atoms with E-state index in [2.05, 4.69) is 39.4 Å². The maximum absolute atomic E-state index is 13.0. The fourth-order valence-corrected chi connectivity index (χ4v) is 4.07. The van der Waals surface area contributed by atoms with Gasteiger partial charge in [-0.3, -0.25) is 4.79 Å². The van der Waals surface area contributed by atoms with E-state index >= 15 is 0 Å². The molecule has 0 radical (unpaired) electrons. The average Bonchev–Trinajstić information content (AvgIpc) is 3.00. The van der Waals surface area contributed by atoms with E-state index in [9.17, 15) is 4.79 Å². The van der Waals surface area contributed by atoms with Crippen molar-refractivity contribution in [1.82, 2.24) is 19.7 Å². The predicted octanol–water partition coefficient (Wildman–Crippen LogP) is 2.92.